The number of methoxy groups -OCH3 is 1. The summed E-state index contributed by atoms with van der Waals surface area (Å²) in [5.74, 6) is 5.86. The number of hydrogen-bond acceptors (Lipinski definition) is 4. The lowest BCUT2D eigenvalue weighted by Crippen LogP contribution is -2.47. The summed E-state index contributed by atoms with van der Waals surface area (Å²) in [5, 5.41) is 2.27. The van der Waals surface area contributed by atoms with Gasteiger partial charge in [-0.25, -0.2) is 0 Å². The molecule has 0 aliphatic rings. The fourth-order valence-corrected chi connectivity index (χ4v) is 2.99. The quantitative estimate of drug-likeness (QED) is 0.627. The van der Waals surface area contributed by atoms with Crippen LogP contribution in [-0.4, -0.2) is 17.7 Å². The Balaban J connectivity index is 2.60. The maximum absolute atomic E-state index is 5.86. The van der Waals surface area contributed by atoms with Crippen molar-refractivity contribution in [3.8, 4) is 0 Å². The van der Waals surface area contributed by atoms with Crippen molar-refractivity contribution < 1.29 is 4.74 Å². The molecule has 4 nitrogen and oxygen atoms in total. The molecule has 0 saturated carbocycles. The predicted octanol–water partition coefficient (Wildman–Crippen LogP) is 2.94. The van der Waals surface area contributed by atoms with E-state index in [0.29, 0.717) is 0 Å². The molecule has 0 aliphatic carbocycles. The molecule has 1 aromatic carbocycles. The van der Waals surface area contributed by atoms with Crippen molar-refractivity contribution >= 4 is 10.8 Å². The van der Waals surface area contributed by atoms with Gasteiger partial charge in [-0.3, -0.25) is 16.3 Å². The molecule has 108 valence electrons. The Morgan fingerprint density at radius 3 is 2.65 bits per heavy atom. The highest BCUT2D eigenvalue weighted by atomic mass is 16.5. The zero-order chi connectivity index (χ0) is 14.6. The Bertz CT molecular complexity index is 553. The Kier molecular flexibility index (Phi) is 4.70. The zero-order valence-corrected chi connectivity index (χ0v) is 12.4. The highest BCUT2D eigenvalue weighted by Gasteiger charge is 2.37. The third-order valence-corrected chi connectivity index (χ3v) is 4.32. The molecule has 20 heavy (non-hydrogen) atoms. The molecule has 3 N–H and O–H groups in total. The molecule has 2 aromatic rings. The summed E-state index contributed by atoms with van der Waals surface area (Å²) in [5.41, 5.74) is 3.80. The van der Waals surface area contributed by atoms with Gasteiger partial charge < -0.3 is 4.74 Å². The van der Waals surface area contributed by atoms with Crippen LogP contribution in [-0.2, 0) is 4.74 Å². The van der Waals surface area contributed by atoms with Crippen LogP contribution in [0.3, 0.4) is 0 Å². The summed E-state index contributed by atoms with van der Waals surface area (Å²) in [7, 11) is 1.75. The van der Waals surface area contributed by atoms with Crippen molar-refractivity contribution in [1.29, 1.82) is 0 Å². The Morgan fingerprint density at radius 2 is 2.05 bits per heavy atom. The Labute approximate surface area is 120 Å². The molecule has 0 radical (unpaired) electrons. The van der Waals surface area contributed by atoms with E-state index >= 15 is 0 Å². The van der Waals surface area contributed by atoms with Gasteiger partial charge in [-0.15, -0.1) is 0 Å². The minimum atomic E-state index is -0.313. The number of benzene rings is 1. The number of rotatable bonds is 6. The number of ether oxygens (including phenoxy) is 1. The van der Waals surface area contributed by atoms with E-state index in [1.54, 1.807) is 7.11 Å². The van der Waals surface area contributed by atoms with Gasteiger partial charge in [0.05, 0.1) is 11.6 Å². The molecule has 0 aliphatic heterocycles. The van der Waals surface area contributed by atoms with Crippen molar-refractivity contribution in [1.82, 2.24) is 10.4 Å². The largest absolute Gasteiger partial charge is 0.376 e. The van der Waals surface area contributed by atoms with Gasteiger partial charge in [0, 0.05) is 24.9 Å². The number of nitrogens with two attached hydrogens (primary N) is 1. The smallest absolute Gasteiger partial charge is 0.0880 e. The van der Waals surface area contributed by atoms with E-state index in [0.717, 1.165) is 29.2 Å². The summed E-state index contributed by atoms with van der Waals surface area (Å²) >= 11 is 0. The number of hydrogen-bond donors (Lipinski definition) is 2. The van der Waals surface area contributed by atoms with Crippen LogP contribution in [0.4, 0.5) is 0 Å². The lowest BCUT2D eigenvalue weighted by Gasteiger charge is -2.38. The van der Waals surface area contributed by atoms with Gasteiger partial charge in [0.25, 0.3) is 0 Å². The molecule has 0 bridgehead atoms. The fraction of sp³-hybridized carbons (Fsp3) is 0.438. The number of nitrogens with zero attached hydrogens (tertiary/aromatic N) is 1. The van der Waals surface area contributed by atoms with Crippen LogP contribution in [0.25, 0.3) is 10.8 Å². The third-order valence-electron chi connectivity index (χ3n) is 4.32. The first-order valence-electron chi connectivity index (χ1n) is 7.06. The normalized spacial score (nSPS) is 13.6. The zero-order valence-electron chi connectivity index (χ0n) is 12.4. The van der Waals surface area contributed by atoms with Crippen LogP contribution < -0.4 is 11.3 Å². The summed E-state index contributed by atoms with van der Waals surface area (Å²) < 4.78 is 5.83. The first-order valence-corrected chi connectivity index (χ1v) is 7.06. The van der Waals surface area contributed by atoms with E-state index in [9.17, 15) is 0 Å². The van der Waals surface area contributed by atoms with Gasteiger partial charge in [0.2, 0.25) is 0 Å². The fourth-order valence-electron chi connectivity index (χ4n) is 2.99. The number of hydrazine groups is 1. The van der Waals surface area contributed by atoms with E-state index < -0.39 is 0 Å². The minimum Gasteiger partial charge on any atom is -0.376 e. The van der Waals surface area contributed by atoms with Crippen LogP contribution in [0.15, 0.2) is 36.7 Å². The van der Waals surface area contributed by atoms with Crippen molar-refractivity contribution in [2.24, 2.45) is 5.84 Å². The lowest BCUT2D eigenvalue weighted by molar-refractivity contribution is -0.0483. The van der Waals surface area contributed by atoms with Crippen LogP contribution in [0.1, 0.15) is 38.3 Å². The maximum Gasteiger partial charge on any atom is 0.0880 e. The Hall–Kier alpha value is -1.49. The third kappa shape index (κ3) is 2.42. The molecule has 0 amide bonds. The molecule has 2 rings (SSSR count). The van der Waals surface area contributed by atoms with Crippen LogP contribution in [0, 0.1) is 0 Å². The molecule has 0 saturated heterocycles. The second kappa shape index (κ2) is 6.31. The van der Waals surface area contributed by atoms with E-state index in [-0.39, 0.29) is 11.6 Å². The maximum atomic E-state index is 5.86. The first kappa shape index (κ1) is 14.9. The second-order valence-corrected chi connectivity index (χ2v) is 5.02. The van der Waals surface area contributed by atoms with Gasteiger partial charge >= 0.3 is 0 Å². The molecule has 1 aromatic heterocycles. The molecule has 1 atom stereocenters. The van der Waals surface area contributed by atoms with Gasteiger partial charge in [-0.05, 0) is 29.9 Å². The predicted molar refractivity (Wildman–Crippen MR) is 82.1 cm³/mol. The molecular formula is C16H23N3O. The van der Waals surface area contributed by atoms with Crippen molar-refractivity contribution in [2.45, 2.75) is 38.3 Å². The molecule has 0 fully saturated rings. The standard InChI is InChI=1S/C16H23N3O/c1-4-16(5-2,20-3)15(19-17)14-8-6-7-12-11-18-10-9-13(12)14/h6-11,15,19H,4-5,17H2,1-3H3. The molecule has 1 unspecified atom stereocenters. The summed E-state index contributed by atoms with van der Waals surface area (Å²) in [4.78, 5) is 4.18. The topological polar surface area (TPSA) is 60.2 Å². The lowest BCUT2D eigenvalue weighted by atomic mass is 9.82. The van der Waals surface area contributed by atoms with Gasteiger partial charge in [-0.1, -0.05) is 32.0 Å². The minimum absolute atomic E-state index is 0.0615. The molecule has 1 heterocycles. The van der Waals surface area contributed by atoms with Crippen LogP contribution >= 0.6 is 0 Å². The number of aromatic nitrogens is 1. The molecule has 0 spiro atoms. The van der Waals surface area contributed by atoms with E-state index in [1.807, 2.05) is 24.5 Å². The van der Waals surface area contributed by atoms with Crippen LogP contribution in [0.2, 0.25) is 0 Å². The monoisotopic (exact) mass is 273 g/mol. The highest BCUT2D eigenvalue weighted by molar-refractivity contribution is 5.85. The second-order valence-electron chi connectivity index (χ2n) is 5.02. The summed E-state index contributed by atoms with van der Waals surface area (Å²) in [6.45, 7) is 4.26. The Morgan fingerprint density at radius 1 is 1.30 bits per heavy atom. The van der Waals surface area contributed by atoms with E-state index in [1.165, 1.54) is 0 Å². The number of nitrogens with one attached hydrogen (secondary N) is 1. The number of pyridine rings is 1. The molecule has 4 heteroatoms. The van der Waals surface area contributed by atoms with Gasteiger partial charge in [0.15, 0.2) is 0 Å². The average Bonchev–Trinajstić information content (AvgIpc) is 2.52. The van der Waals surface area contributed by atoms with Crippen molar-refractivity contribution in [3.63, 3.8) is 0 Å². The number of fused-ring (bicyclic) bond motifs is 1. The van der Waals surface area contributed by atoms with Gasteiger partial charge in [0.1, 0.15) is 0 Å². The average molecular weight is 273 g/mol. The summed E-state index contributed by atoms with van der Waals surface area (Å²) in [6.07, 6.45) is 5.46. The summed E-state index contributed by atoms with van der Waals surface area (Å²) in [6, 6.07) is 8.17. The molecular weight excluding hydrogens is 250 g/mol. The SMILES string of the molecule is CCC(CC)(OC)C(NN)c1cccc2cnccc12. The van der Waals surface area contributed by atoms with Gasteiger partial charge in [-0.2, -0.15) is 0 Å². The van der Waals surface area contributed by atoms with Crippen molar-refractivity contribution in [2.75, 3.05) is 7.11 Å². The van der Waals surface area contributed by atoms with Crippen LogP contribution in [0.5, 0.6) is 0 Å². The highest BCUT2D eigenvalue weighted by Crippen LogP contribution is 2.37. The van der Waals surface area contributed by atoms with Crippen molar-refractivity contribution in [3.05, 3.63) is 42.2 Å². The first-order chi connectivity index (χ1) is 9.72. The van der Waals surface area contributed by atoms with E-state index in [2.05, 4.69) is 36.4 Å². The van der Waals surface area contributed by atoms with E-state index in [4.69, 9.17) is 10.6 Å².